The zero-order chi connectivity index (χ0) is 16.4. The SMILES string of the molecule is CCNC(=NCc1ccc(C)s1)NCC(CCO)CC(C)C. The van der Waals surface area contributed by atoms with Gasteiger partial charge >= 0.3 is 0 Å². The number of thiophene rings is 1. The van der Waals surface area contributed by atoms with Gasteiger partial charge < -0.3 is 15.7 Å². The first-order valence-corrected chi connectivity index (χ1v) is 9.05. The van der Waals surface area contributed by atoms with E-state index in [0.29, 0.717) is 18.4 Å². The lowest BCUT2D eigenvalue weighted by molar-refractivity contribution is 0.243. The summed E-state index contributed by atoms with van der Waals surface area (Å²) in [6.07, 6.45) is 1.96. The van der Waals surface area contributed by atoms with E-state index in [0.717, 1.165) is 31.9 Å². The van der Waals surface area contributed by atoms with E-state index in [-0.39, 0.29) is 6.61 Å². The Morgan fingerprint density at radius 1 is 1.32 bits per heavy atom. The minimum Gasteiger partial charge on any atom is -0.396 e. The lowest BCUT2D eigenvalue weighted by Crippen LogP contribution is -2.40. The van der Waals surface area contributed by atoms with E-state index in [4.69, 9.17) is 0 Å². The van der Waals surface area contributed by atoms with Gasteiger partial charge in [0.05, 0.1) is 6.54 Å². The predicted octanol–water partition coefficient (Wildman–Crippen LogP) is 3.16. The smallest absolute Gasteiger partial charge is 0.191 e. The monoisotopic (exact) mass is 325 g/mol. The van der Waals surface area contributed by atoms with Crippen molar-refractivity contribution < 1.29 is 5.11 Å². The zero-order valence-electron chi connectivity index (χ0n) is 14.4. The maximum atomic E-state index is 9.20. The van der Waals surface area contributed by atoms with Crippen molar-refractivity contribution in [2.75, 3.05) is 19.7 Å². The van der Waals surface area contributed by atoms with Crippen LogP contribution >= 0.6 is 11.3 Å². The molecule has 1 aromatic rings. The third kappa shape index (κ3) is 7.80. The lowest BCUT2D eigenvalue weighted by Gasteiger charge is -2.20. The van der Waals surface area contributed by atoms with Crippen LogP contribution in [-0.4, -0.2) is 30.8 Å². The molecule has 0 aliphatic heterocycles. The second-order valence-corrected chi connectivity index (χ2v) is 7.47. The number of aliphatic hydroxyl groups excluding tert-OH is 1. The van der Waals surface area contributed by atoms with Gasteiger partial charge in [-0.2, -0.15) is 0 Å². The number of aliphatic imine (C=N–C) groups is 1. The van der Waals surface area contributed by atoms with Crippen molar-refractivity contribution in [3.05, 3.63) is 21.9 Å². The Morgan fingerprint density at radius 2 is 2.09 bits per heavy atom. The van der Waals surface area contributed by atoms with Crippen LogP contribution in [0.4, 0.5) is 0 Å². The first kappa shape index (κ1) is 19.0. The Labute approximate surface area is 139 Å². The molecule has 0 aromatic carbocycles. The molecule has 5 heteroatoms. The van der Waals surface area contributed by atoms with E-state index in [1.807, 2.05) is 0 Å². The van der Waals surface area contributed by atoms with Crippen LogP contribution in [0.3, 0.4) is 0 Å². The van der Waals surface area contributed by atoms with Gasteiger partial charge in [0, 0.05) is 29.5 Å². The van der Waals surface area contributed by atoms with Crippen molar-refractivity contribution in [3.8, 4) is 0 Å². The first-order valence-electron chi connectivity index (χ1n) is 8.23. The Kier molecular flexibility index (Phi) is 9.16. The number of nitrogens with zero attached hydrogens (tertiary/aromatic N) is 1. The Balaban J connectivity index is 2.54. The summed E-state index contributed by atoms with van der Waals surface area (Å²) >= 11 is 1.79. The minimum atomic E-state index is 0.251. The van der Waals surface area contributed by atoms with Gasteiger partial charge in [0.2, 0.25) is 0 Å². The highest BCUT2D eigenvalue weighted by atomic mass is 32.1. The van der Waals surface area contributed by atoms with Crippen LogP contribution < -0.4 is 10.6 Å². The van der Waals surface area contributed by atoms with Crippen LogP contribution in [0.15, 0.2) is 17.1 Å². The third-order valence-electron chi connectivity index (χ3n) is 3.43. The highest BCUT2D eigenvalue weighted by Gasteiger charge is 2.11. The first-order chi connectivity index (χ1) is 10.5. The summed E-state index contributed by atoms with van der Waals surface area (Å²) in [6, 6.07) is 4.27. The Hall–Kier alpha value is -1.07. The molecule has 0 radical (unpaired) electrons. The molecule has 0 aliphatic rings. The second-order valence-electron chi connectivity index (χ2n) is 6.10. The molecule has 1 atom stereocenters. The largest absolute Gasteiger partial charge is 0.396 e. The van der Waals surface area contributed by atoms with Gasteiger partial charge in [-0.05, 0) is 50.7 Å². The molecule has 0 aliphatic carbocycles. The molecule has 3 N–H and O–H groups in total. The molecule has 0 fully saturated rings. The fourth-order valence-electron chi connectivity index (χ4n) is 2.46. The standard InChI is InChI=1S/C17H31N3OS/c1-5-18-17(20-12-16-7-6-14(4)22-16)19-11-15(8-9-21)10-13(2)3/h6-7,13,15,21H,5,8-12H2,1-4H3,(H2,18,19,20). The minimum absolute atomic E-state index is 0.251. The number of hydrogen-bond donors (Lipinski definition) is 3. The number of aliphatic hydroxyl groups is 1. The molecule has 1 aromatic heterocycles. The fraction of sp³-hybridized carbons (Fsp3) is 0.706. The van der Waals surface area contributed by atoms with Crippen molar-refractivity contribution in [2.24, 2.45) is 16.8 Å². The van der Waals surface area contributed by atoms with Crippen molar-refractivity contribution >= 4 is 17.3 Å². The quantitative estimate of drug-likeness (QED) is 0.483. The number of aryl methyl sites for hydroxylation is 1. The molecule has 0 spiro atoms. The summed E-state index contributed by atoms with van der Waals surface area (Å²) in [5.41, 5.74) is 0. The van der Waals surface area contributed by atoms with Crippen molar-refractivity contribution in [1.29, 1.82) is 0 Å². The molecule has 126 valence electrons. The fourth-order valence-corrected chi connectivity index (χ4v) is 3.28. The van der Waals surface area contributed by atoms with E-state index in [1.54, 1.807) is 11.3 Å². The maximum absolute atomic E-state index is 9.20. The Morgan fingerprint density at radius 3 is 2.64 bits per heavy atom. The maximum Gasteiger partial charge on any atom is 0.191 e. The highest BCUT2D eigenvalue weighted by molar-refractivity contribution is 7.11. The molecule has 1 heterocycles. The van der Waals surface area contributed by atoms with Gasteiger partial charge in [-0.3, -0.25) is 0 Å². The van der Waals surface area contributed by atoms with E-state index in [9.17, 15) is 5.11 Å². The summed E-state index contributed by atoms with van der Waals surface area (Å²) < 4.78 is 0. The molecule has 0 bridgehead atoms. The average Bonchev–Trinajstić information content (AvgIpc) is 2.87. The molecule has 1 unspecified atom stereocenters. The van der Waals surface area contributed by atoms with Crippen molar-refractivity contribution in [3.63, 3.8) is 0 Å². The summed E-state index contributed by atoms with van der Waals surface area (Å²) in [4.78, 5) is 7.25. The molecule has 1 rings (SSSR count). The van der Waals surface area contributed by atoms with E-state index >= 15 is 0 Å². The summed E-state index contributed by atoms with van der Waals surface area (Å²) in [5, 5.41) is 15.9. The van der Waals surface area contributed by atoms with Crippen LogP contribution in [0.2, 0.25) is 0 Å². The van der Waals surface area contributed by atoms with Crippen LogP contribution in [0.1, 0.15) is 43.4 Å². The van der Waals surface area contributed by atoms with Crippen LogP contribution in [0.25, 0.3) is 0 Å². The third-order valence-corrected chi connectivity index (χ3v) is 4.42. The van der Waals surface area contributed by atoms with Gasteiger partial charge in [-0.1, -0.05) is 13.8 Å². The van der Waals surface area contributed by atoms with Crippen molar-refractivity contribution in [2.45, 2.75) is 47.1 Å². The summed E-state index contributed by atoms with van der Waals surface area (Å²) in [7, 11) is 0. The van der Waals surface area contributed by atoms with E-state index in [1.165, 1.54) is 9.75 Å². The van der Waals surface area contributed by atoms with E-state index < -0.39 is 0 Å². The molecule has 0 saturated carbocycles. The molecular weight excluding hydrogens is 294 g/mol. The normalized spacial score (nSPS) is 13.5. The van der Waals surface area contributed by atoms with Crippen LogP contribution in [0.5, 0.6) is 0 Å². The number of hydrogen-bond acceptors (Lipinski definition) is 3. The van der Waals surface area contributed by atoms with Gasteiger partial charge in [0.25, 0.3) is 0 Å². The van der Waals surface area contributed by atoms with Crippen molar-refractivity contribution in [1.82, 2.24) is 10.6 Å². The van der Waals surface area contributed by atoms with Gasteiger partial charge in [0.1, 0.15) is 0 Å². The number of nitrogens with one attached hydrogen (secondary N) is 2. The second kappa shape index (κ2) is 10.6. The predicted molar refractivity (Wildman–Crippen MR) is 96.5 cm³/mol. The van der Waals surface area contributed by atoms with Gasteiger partial charge in [-0.25, -0.2) is 4.99 Å². The molecule has 0 amide bonds. The Bertz CT molecular complexity index is 443. The summed E-state index contributed by atoms with van der Waals surface area (Å²) in [5.74, 6) is 1.99. The van der Waals surface area contributed by atoms with Crippen LogP contribution in [-0.2, 0) is 6.54 Å². The molecular formula is C17H31N3OS. The molecule has 22 heavy (non-hydrogen) atoms. The summed E-state index contributed by atoms with van der Waals surface area (Å²) in [6.45, 7) is 11.3. The molecule has 4 nitrogen and oxygen atoms in total. The zero-order valence-corrected chi connectivity index (χ0v) is 15.2. The molecule has 0 saturated heterocycles. The topological polar surface area (TPSA) is 56.7 Å². The lowest BCUT2D eigenvalue weighted by atomic mass is 9.94. The van der Waals surface area contributed by atoms with Gasteiger partial charge in [-0.15, -0.1) is 11.3 Å². The average molecular weight is 326 g/mol. The highest BCUT2D eigenvalue weighted by Crippen LogP contribution is 2.16. The number of guanidine groups is 1. The van der Waals surface area contributed by atoms with Gasteiger partial charge in [0.15, 0.2) is 5.96 Å². The van der Waals surface area contributed by atoms with Crippen LogP contribution in [0, 0.1) is 18.8 Å². The van der Waals surface area contributed by atoms with E-state index in [2.05, 4.69) is 55.5 Å². The number of rotatable bonds is 9.